The molecule has 1 aliphatic rings. The molecule has 3 rings (SSSR count). The van der Waals surface area contributed by atoms with Crippen molar-refractivity contribution in [3.8, 4) is 0 Å². The van der Waals surface area contributed by atoms with Crippen LogP contribution in [0.25, 0.3) is 10.4 Å². The van der Waals surface area contributed by atoms with Crippen LogP contribution in [0.1, 0.15) is 25.0 Å². The number of carbonyl (C=O) groups is 1. The molecule has 0 N–H and O–H groups in total. The normalized spacial score (nSPS) is 20.8. The minimum atomic E-state index is -5.21. The van der Waals surface area contributed by atoms with E-state index in [1.165, 1.54) is 0 Å². The lowest BCUT2D eigenvalue weighted by molar-refractivity contribution is -0.206. The van der Waals surface area contributed by atoms with Gasteiger partial charge in [-0.25, -0.2) is 4.79 Å². The first-order valence-electron chi connectivity index (χ1n) is 11.0. The van der Waals surface area contributed by atoms with Gasteiger partial charge in [-0.1, -0.05) is 64.9 Å². The zero-order valence-corrected chi connectivity index (χ0v) is 20.7. The summed E-state index contributed by atoms with van der Waals surface area (Å²) in [6, 6.07) is 15.2. The van der Waals surface area contributed by atoms with Gasteiger partial charge in [0.05, 0.1) is 19.3 Å². The summed E-state index contributed by atoms with van der Waals surface area (Å²) in [5.41, 5.74) is 9.51. The van der Waals surface area contributed by atoms with E-state index in [0.29, 0.717) is 4.90 Å². The lowest BCUT2D eigenvalue weighted by atomic mass is 10.1. The summed E-state index contributed by atoms with van der Waals surface area (Å²) in [5, 5.41) is 3.76. The topological polar surface area (TPSA) is 103 Å². The van der Waals surface area contributed by atoms with Crippen molar-refractivity contribution in [2.24, 2.45) is 5.11 Å². The summed E-state index contributed by atoms with van der Waals surface area (Å²) in [5.74, 6) is -3.62. The Morgan fingerprint density at radius 2 is 1.78 bits per heavy atom. The largest absolute Gasteiger partial charge is 0.490 e. The van der Waals surface area contributed by atoms with Gasteiger partial charge in [-0.05, 0) is 44.0 Å². The average molecular weight is 526 g/mol. The van der Waals surface area contributed by atoms with Gasteiger partial charge in [-0.15, -0.1) is 0 Å². The second kappa shape index (κ2) is 12.0. The van der Waals surface area contributed by atoms with E-state index in [1.54, 1.807) is 38.1 Å². The maximum absolute atomic E-state index is 13.1. The number of halogens is 3. The molecule has 12 heteroatoms. The van der Waals surface area contributed by atoms with Crippen LogP contribution in [0.2, 0.25) is 0 Å². The highest BCUT2D eigenvalue weighted by Crippen LogP contribution is 2.40. The van der Waals surface area contributed by atoms with E-state index in [9.17, 15) is 18.0 Å². The standard InChI is InChI=1S/C24H26F3N3O5S/c1-15-9-11-17(12-10-15)36-21(33-22(31)24(25,26)27)20-19(34-23(2,3)35-20)18(29-30-28)14-32-13-16-7-5-4-6-8-16/h4-12,18-21H,13-14H2,1-3H3/t18-,19-,20+,21?/m1/s1. The van der Waals surface area contributed by atoms with E-state index in [2.05, 4.69) is 10.0 Å². The van der Waals surface area contributed by atoms with Crippen molar-refractivity contribution in [1.29, 1.82) is 0 Å². The smallest absolute Gasteiger partial charge is 0.441 e. The van der Waals surface area contributed by atoms with E-state index >= 15 is 0 Å². The lowest BCUT2D eigenvalue weighted by Crippen LogP contribution is -2.45. The molecule has 0 amide bonds. The quantitative estimate of drug-likeness (QED) is 0.0951. The molecule has 0 radical (unpaired) electrons. The van der Waals surface area contributed by atoms with Gasteiger partial charge >= 0.3 is 12.1 Å². The second-order valence-electron chi connectivity index (χ2n) is 8.54. The molecular weight excluding hydrogens is 499 g/mol. The van der Waals surface area contributed by atoms with Crippen LogP contribution in [-0.2, 0) is 30.3 Å². The first kappa shape index (κ1) is 27.8. The van der Waals surface area contributed by atoms with Gasteiger partial charge in [0, 0.05) is 9.81 Å². The third-order valence-corrected chi connectivity index (χ3v) is 6.28. The van der Waals surface area contributed by atoms with Crippen molar-refractivity contribution in [3.63, 3.8) is 0 Å². The summed E-state index contributed by atoms with van der Waals surface area (Å²) < 4.78 is 61.7. The number of esters is 1. The molecular formula is C24H26F3N3O5S. The Balaban J connectivity index is 1.86. The number of rotatable bonds is 10. The molecule has 0 aromatic heterocycles. The lowest BCUT2D eigenvalue weighted by Gasteiger charge is -2.28. The first-order valence-corrected chi connectivity index (χ1v) is 11.9. The Labute approximate surface area is 210 Å². The van der Waals surface area contributed by atoms with Crippen LogP contribution in [0, 0.1) is 6.92 Å². The van der Waals surface area contributed by atoms with E-state index in [4.69, 9.17) is 24.5 Å². The number of thioether (sulfide) groups is 1. The molecule has 0 bridgehead atoms. The third-order valence-electron chi connectivity index (χ3n) is 5.14. The highest BCUT2D eigenvalue weighted by molar-refractivity contribution is 7.99. The highest BCUT2D eigenvalue weighted by Gasteiger charge is 2.52. The molecule has 4 atom stereocenters. The molecule has 36 heavy (non-hydrogen) atoms. The average Bonchev–Trinajstić information content (AvgIpc) is 3.14. The number of nitrogens with zero attached hydrogens (tertiary/aromatic N) is 3. The zero-order valence-electron chi connectivity index (χ0n) is 19.8. The second-order valence-corrected chi connectivity index (χ2v) is 9.71. The van der Waals surface area contributed by atoms with Crippen molar-refractivity contribution in [2.75, 3.05) is 6.61 Å². The highest BCUT2D eigenvalue weighted by atomic mass is 32.2. The van der Waals surface area contributed by atoms with Crippen molar-refractivity contribution in [3.05, 3.63) is 76.2 Å². The minimum absolute atomic E-state index is 0.102. The number of hydrogen-bond acceptors (Lipinski definition) is 7. The third kappa shape index (κ3) is 7.87. The van der Waals surface area contributed by atoms with Gasteiger partial charge in [0.1, 0.15) is 12.2 Å². The Kier molecular flexibility index (Phi) is 9.26. The number of benzene rings is 2. The predicted octanol–water partition coefficient (Wildman–Crippen LogP) is 5.93. The van der Waals surface area contributed by atoms with Crippen molar-refractivity contribution in [2.45, 2.75) is 67.9 Å². The van der Waals surface area contributed by atoms with Crippen LogP contribution in [0.3, 0.4) is 0 Å². The van der Waals surface area contributed by atoms with E-state index in [-0.39, 0.29) is 13.2 Å². The van der Waals surface area contributed by atoms with E-state index < -0.39 is 41.6 Å². The molecule has 0 saturated carbocycles. The van der Waals surface area contributed by atoms with Crippen molar-refractivity contribution in [1.82, 2.24) is 0 Å². The molecule has 1 saturated heterocycles. The minimum Gasteiger partial charge on any atom is -0.441 e. The van der Waals surface area contributed by atoms with Crippen LogP contribution in [0.15, 0.2) is 64.6 Å². The van der Waals surface area contributed by atoms with Crippen molar-refractivity contribution >= 4 is 17.7 Å². The van der Waals surface area contributed by atoms with Gasteiger partial charge in [0.15, 0.2) is 11.2 Å². The van der Waals surface area contributed by atoms with Crippen LogP contribution < -0.4 is 0 Å². The SMILES string of the molecule is Cc1ccc(SC(OC(=O)C(F)(F)F)[C@H]2OC(C)(C)O[C@@H]2[C@@H](COCc2ccccc2)N=[N+]=[N-])cc1. The molecule has 0 aliphatic carbocycles. The van der Waals surface area contributed by atoms with Crippen molar-refractivity contribution < 1.29 is 36.9 Å². The molecule has 2 aromatic carbocycles. The molecule has 2 aromatic rings. The maximum Gasteiger partial charge on any atom is 0.490 e. The monoisotopic (exact) mass is 525 g/mol. The van der Waals surface area contributed by atoms with Gasteiger partial charge < -0.3 is 18.9 Å². The van der Waals surface area contributed by atoms with E-state index in [1.807, 2.05) is 37.3 Å². The molecule has 0 spiro atoms. The number of carbonyl (C=O) groups excluding carboxylic acids is 1. The number of aryl methyl sites for hydroxylation is 1. The molecule has 1 fully saturated rings. The van der Waals surface area contributed by atoms with Crippen LogP contribution in [0.5, 0.6) is 0 Å². The summed E-state index contributed by atoms with van der Waals surface area (Å²) in [6.45, 7) is 5.11. The fourth-order valence-corrected chi connectivity index (χ4v) is 4.58. The summed E-state index contributed by atoms with van der Waals surface area (Å²) in [6.07, 6.45) is -7.47. The first-order chi connectivity index (χ1) is 17.0. The Hall–Kier alpha value is -2.76. The van der Waals surface area contributed by atoms with Gasteiger partial charge in [0.25, 0.3) is 0 Å². The Morgan fingerprint density at radius 3 is 2.39 bits per heavy atom. The van der Waals surface area contributed by atoms with Gasteiger partial charge in [0.2, 0.25) is 0 Å². The summed E-state index contributed by atoms with van der Waals surface area (Å²) in [4.78, 5) is 15.2. The number of azide groups is 1. The fourth-order valence-electron chi connectivity index (χ4n) is 3.54. The fraction of sp³-hybridized carbons (Fsp3) is 0.458. The summed E-state index contributed by atoms with van der Waals surface area (Å²) >= 11 is 0.876. The number of ether oxygens (including phenoxy) is 4. The molecule has 8 nitrogen and oxygen atoms in total. The van der Waals surface area contributed by atoms with E-state index in [0.717, 1.165) is 22.9 Å². The molecule has 194 valence electrons. The van der Waals surface area contributed by atoms with Gasteiger partial charge in [-0.3, -0.25) is 0 Å². The van der Waals surface area contributed by atoms with Crippen LogP contribution in [-0.4, -0.2) is 48.2 Å². The van der Waals surface area contributed by atoms with Crippen LogP contribution in [0.4, 0.5) is 13.2 Å². The number of hydrogen-bond donors (Lipinski definition) is 0. The summed E-state index contributed by atoms with van der Waals surface area (Å²) in [7, 11) is 0. The molecule has 1 aliphatic heterocycles. The van der Waals surface area contributed by atoms with Gasteiger partial charge in [-0.2, -0.15) is 13.2 Å². The Bertz CT molecular complexity index is 1060. The van der Waals surface area contributed by atoms with Crippen LogP contribution >= 0.6 is 11.8 Å². The maximum atomic E-state index is 13.1. The number of alkyl halides is 3. The molecule has 1 heterocycles. The zero-order chi connectivity index (χ0) is 26.3. The molecule has 1 unspecified atom stereocenters. The predicted molar refractivity (Wildman–Crippen MR) is 126 cm³/mol. The Morgan fingerprint density at radius 1 is 1.14 bits per heavy atom.